The molecule has 4 nitrogen and oxygen atoms in total. The van der Waals surface area contributed by atoms with Crippen molar-refractivity contribution in [1.29, 1.82) is 0 Å². The van der Waals surface area contributed by atoms with Gasteiger partial charge in [-0.2, -0.15) is 0 Å². The predicted octanol–water partition coefficient (Wildman–Crippen LogP) is 2.45. The molecule has 0 aliphatic carbocycles. The fourth-order valence-corrected chi connectivity index (χ4v) is 1.44. The van der Waals surface area contributed by atoms with Gasteiger partial charge in [0.2, 0.25) is 0 Å². The van der Waals surface area contributed by atoms with Crippen LogP contribution < -0.4 is 4.74 Å². The molecule has 1 aromatic carbocycles. The number of halogens is 1. The number of aromatic nitrogens is 1. The summed E-state index contributed by atoms with van der Waals surface area (Å²) in [7, 11) is 0. The molecular formula is C12H12FNO3. The number of hydrogen-bond acceptors (Lipinski definition) is 4. The average Bonchev–Trinajstić information content (AvgIpc) is 2.78. The van der Waals surface area contributed by atoms with E-state index in [0.717, 1.165) is 5.56 Å². The van der Waals surface area contributed by atoms with Crippen LogP contribution in [0.3, 0.4) is 0 Å². The largest absolute Gasteiger partial charge is 0.488 e. The van der Waals surface area contributed by atoms with Crippen LogP contribution in [0.25, 0.3) is 0 Å². The second-order valence-electron chi connectivity index (χ2n) is 3.68. The molecule has 1 atom stereocenters. The SMILES string of the molecule is C[C@@H](O)c1ccc(F)cc1OCc1cnoc1. The van der Waals surface area contributed by atoms with Gasteiger partial charge in [0.1, 0.15) is 24.4 Å². The molecule has 5 heteroatoms. The molecule has 2 rings (SSSR count). The highest BCUT2D eigenvalue weighted by Crippen LogP contribution is 2.26. The molecule has 1 aromatic heterocycles. The molecule has 0 bridgehead atoms. The van der Waals surface area contributed by atoms with Crippen molar-refractivity contribution in [2.45, 2.75) is 19.6 Å². The Morgan fingerprint density at radius 2 is 2.35 bits per heavy atom. The van der Waals surface area contributed by atoms with Crippen molar-refractivity contribution in [1.82, 2.24) is 5.16 Å². The molecule has 1 heterocycles. The molecular weight excluding hydrogens is 225 g/mol. The van der Waals surface area contributed by atoms with Gasteiger partial charge in [0.25, 0.3) is 0 Å². The zero-order valence-electron chi connectivity index (χ0n) is 9.26. The maximum Gasteiger partial charge on any atom is 0.130 e. The Morgan fingerprint density at radius 3 is 3.00 bits per heavy atom. The van der Waals surface area contributed by atoms with E-state index in [4.69, 9.17) is 4.74 Å². The number of aliphatic hydroxyl groups is 1. The summed E-state index contributed by atoms with van der Waals surface area (Å²) in [6.07, 6.45) is 2.25. The van der Waals surface area contributed by atoms with Crippen molar-refractivity contribution < 1.29 is 18.8 Å². The molecule has 1 N–H and O–H groups in total. The summed E-state index contributed by atoms with van der Waals surface area (Å²) in [6, 6.07) is 4.03. The normalized spacial score (nSPS) is 12.4. The zero-order valence-corrected chi connectivity index (χ0v) is 9.26. The minimum Gasteiger partial charge on any atom is -0.488 e. The summed E-state index contributed by atoms with van der Waals surface area (Å²) >= 11 is 0. The highest BCUT2D eigenvalue weighted by Gasteiger charge is 2.10. The van der Waals surface area contributed by atoms with Crippen LogP contribution in [0.2, 0.25) is 0 Å². The standard InChI is InChI=1S/C12H12FNO3/c1-8(15)11-3-2-10(13)4-12(11)16-6-9-5-14-17-7-9/h2-5,7-8,15H,6H2,1H3/t8-/m1/s1. The molecule has 2 aromatic rings. The maximum absolute atomic E-state index is 13.1. The van der Waals surface area contributed by atoms with Crippen molar-refractivity contribution in [3.05, 3.63) is 47.6 Å². The average molecular weight is 237 g/mol. The van der Waals surface area contributed by atoms with Crippen LogP contribution in [0.4, 0.5) is 4.39 Å². The van der Waals surface area contributed by atoms with Crippen molar-refractivity contribution in [3.63, 3.8) is 0 Å². The van der Waals surface area contributed by atoms with Crippen LogP contribution in [-0.2, 0) is 6.61 Å². The first-order valence-corrected chi connectivity index (χ1v) is 5.15. The fraction of sp³-hybridized carbons (Fsp3) is 0.250. The summed E-state index contributed by atoms with van der Waals surface area (Å²) in [5.41, 5.74) is 1.29. The molecule has 0 amide bonds. The van der Waals surface area contributed by atoms with Crippen LogP contribution in [0.1, 0.15) is 24.2 Å². The van der Waals surface area contributed by atoms with Gasteiger partial charge in [-0.05, 0) is 19.1 Å². The molecule has 0 saturated heterocycles. The molecule has 0 unspecified atom stereocenters. The lowest BCUT2D eigenvalue weighted by atomic mass is 10.1. The Morgan fingerprint density at radius 1 is 1.53 bits per heavy atom. The zero-order chi connectivity index (χ0) is 12.3. The number of ether oxygens (including phenoxy) is 1. The summed E-state index contributed by atoms with van der Waals surface area (Å²) in [5.74, 6) is -0.0871. The van der Waals surface area contributed by atoms with Crippen LogP contribution >= 0.6 is 0 Å². The van der Waals surface area contributed by atoms with Crippen LogP contribution in [0, 0.1) is 5.82 Å². The van der Waals surface area contributed by atoms with Gasteiger partial charge in [-0.25, -0.2) is 4.39 Å². The third-order valence-corrected chi connectivity index (χ3v) is 2.30. The van der Waals surface area contributed by atoms with Gasteiger partial charge in [-0.15, -0.1) is 0 Å². The minimum absolute atomic E-state index is 0.215. The van der Waals surface area contributed by atoms with Crippen molar-refractivity contribution >= 4 is 0 Å². The van der Waals surface area contributed by atoms with Gasteiger partial charge < -0.3 is 14.4 Å². The topological polar surface area (TPSA) is 55.5 Å². The summed E-state index contributed by atoms with van der Waals surface area (Å²) in [6.45, 7) is 1.81. The lowest BCUT2D eigenvalue weighted by Crippen LogP contribution is -2.01. The second kappa shape index (κ2) is 4.97. The predicted molar refractivity (Wildman–Crippen MR) is 57.9 cm³/mol. The molecule has 90 valence electrons. The summed E-state index contributed by atoms with van der Waals surface area (Å²) < 4.78 is 23.2. The third kappa shape index (κ3) is 2.82. The monoisotopic (exact) mass is 237 g/mol. The number of aliphatic hydroxyl groups excluding tert-OH is 1. The first-order chi connectivity index (χ1) is 8.16. The highest BCUT2D eigenvalue weighted by molar-refractivity contribution is 5.35. The Hall–Kier alpha value is -1.88. The van der Waals surface area contributed by atoms with E-state index in [1.807, 2.05) is 0 Å². The van der Waals surface area contributed by atoms with Gasteiger partial charge in [0.05, 0.1) is 12.3 Å². The Balaban J connectivity index is 2.16. The van der Waals surface area contributed by atoms with Crippen LogP contribution in [-0.4, -0.2) is 10.3 Å². The Labute approximate surface area is 97.6 Å². The lowest BCUT2D eigenvalue weighted by molar-refractivity contribution is 0.189. The van der Waals surface area contributed by atoms with Crippen molar-refractivity contribution in [2.24, 2.45) is 0 Å². The second-order valence-corrected chi connectivity index (χ2v) is 3.68. The fourth-order valence-electron chi connectivity index (χ4n) is 1.44. The van der Waals surface area contributed by atoms with Crippen LogP contribution in [0.15, 0.2) is 35.2 Å². The van der Waals surface area contributed by atoms with Gasteiger partial charge in [-0.3, -0.25) is 0 Å². The number of benzene rings is 1. The van der Waals surface area contributed by atoms with Crippen molar-refractivity contribution in [2.75, 3.05) is 0 Å². The molecule has 17 heavy (non-hydrogen) atoms. The number of nitrogens with zero attached hydrogens (tertiary/aromatic N) is 1. The van der Waals surface area contributed by atoms with Gasteiger partial charge in [0, 0.05) is 17.2 Å². The summed E-state index contributed by atoms with van der Waals surface area (Å²) in [4.78, 5) is 0. The third-order valence-electron chi connectivity index (χ3n) is 2.30. The van der Waals surface area contributed by atoms with E-state index in [0.29, 0.717) is 11.3 Å². The van der Waals surface area contributed by atoms with E-state index in [-0.39, 0.29) is 6.61 Å². The molecule has 0 spiro atoms. The first kappa shape index (κ1) is 11.6. The molecule has 0 aliphatic rings. The van der Waals surface area contributed by atoms with E-state index in [2.05, 4.69) is 9.68 Å². The minimum atomic E-state index is -0.715. The van der Waals surface area contributed by atoms with Gasteiger partial charge >= 0.3 is 0 Å². The van der Waals surface area contributed by atoms with E-state index >= 15 is 0 Å². The Kier molecular flexibility index (Phi) is 3.39. The molecule has 0 saturated carbocycles. The van der Waals surface area contributed by atoms with Gasteiger partial charge in [0.15, 0.2) is 0 Å². The van der Waals surface area contributed by atoms with E-state index in [1.165, 1.54) is 30.7 Å². The van der Waals surface area contributed by atoms with E-state index in [9.17, 15) is 9.50 Å². The quantitative estimate of drug-likeness (QED) is 0.887. The lowest BCUT2D eigenvalue weighted by Gasteiger charge is -2.12. The van der Waals surface area contributed by atoms with E-state index in [1.54, 1.807) is 6.92 Å². The summed E-state index contributed by atoms with van der Waals surface area (Å²) in [5, 5.41) is 13.1. The van der Waals surface area contributed by atoms with Gasteiger partial charge in [-0.1, -0.05) is 5.16 Å². The van der Waals surface area contributed by atoms with Crippen molar-refractivity contribution in [3.8, 4) is 5.75 Å². The smallest absolute Gasteiger partial charge is 0.130 e. The van der Waals surface area contributed by atoms with E-state index < -0.39 is 11.9 Å². The highest BCUT2D eigenvalue weighted by atomic mass is 19.1. The number of rotatable bonds is 4. The maximum atomic E-state index is 13.1. The molecule has 0 radical (unpaired) electrons. The first-order valence-electron chi connectivity index (χ1n) is 5.15. The Bertz CT molecular complexity index is 483. The molecule has 0 aliphatic heterocycles. The van der Waals surface area contributed by atoms with Crippen LogP contribution in [0.5, 0.6) is 5.75 Å². The number of hydrogen-bond donors (Lipinski definition) is 1. The molecule has 0 fully saturated rings.